The molecule has 0 N–H and O–H groups in total. The Morgan fingerprint density at radius 2 is 1.83 bits per heavy atom. The zero-order valence-electron chi connectivity index (χ0n) is 10.3. The molecule has 2 aromatic rings. The number of rotatable bonds is 4. The van der Waals surface area contributed by atoms with Gasteiger partial charge < -0.3 is 0 Å². The maximum Gasteiger partial charge on any atom is 0.163 e. The van der Waals surface area contributed by atoms with Gasteiger partial charge in [-0.25, -0.2) is 4.39 Å². The second kappa shape index (κ2) is 5.58. The van der Waals surface area contributed by atoms with Crippen LogP contribution in [0.15, 0.2) is 48.5 Å². The first-order valence-electron chi connectivity index (χ1n) is 6.00. The fourth-order valence-corrected chi connectivity index (χ4v) is 1.96. The molecule has 1 nitrogen and oxygen atoms in total. The monoisotopic (exact) mass is 242 g/mol. The second-order valence-electron chi connectivity index (χ2n) is 4.36. The van der Waals surface area contributed by atoms with Crippen molar-refractivity contribution in [3.8, 4) is 0 Å². The van der Waals surface area contributed by atoms with E-state index in [-0.39, 0.29) is 11.6 Å². The molecule has 0 atom stereocenters. The van der Waals surface area contributed by atoms with Crippen molar-refractivity contribution in [3.05, 3.63) is 71.0 Å². The van der Waals surface area contributed by atoms with Gasteiger partial charge in [-0.3, -0.25) is 4.79 Å². The highest BCUT2D eigenvalue weighted by molar-refractivity contribution is 5.96. The summed E-state index contributed by atoms with van der Waals surface area (Å²) in [7, 11) is 0. The Hall–Kier alpha value is -1.96. The van der Waals surface area contributed by atoms with Crippen LogP contribution in [0.5, 0.6) is 0 Å². The van der Waals surface area contributed by atoms with Gasteiger partial charge in [0.05, 0.1) is 0 Å². The van der Waals surface area contributed by atoms with Crippen molar-refractivity contribution in [1.29, 1.82) is 0 Å². The number of ketones is 1. The minimum Gasteiger partial charge on any atom is -0.294 e. The van der Waals surface area contributed by atoms with Crippen LogP contribution in [0.25, 0.3) is 0 Å². The molecule has 2 heteroatoms. The van der Waals surface area contributed by atoms with Gasteiger partial charge in [-0.15, -0.1) is 0 Å². The van der Waals surface area contributed by atoms with Crippen molar-refractivity contribution in [3.63, 3.8) is 0 Å². The Morgan fingerprint density at radius 1 is 1.11 bits per heavy atom. The molecule has 0 saturated carbocycles. The predicted molar refractivity (Wildman–Crippen MR) is 70.2 cm³/mol. The van der Waals surface area contributed by atoms with Crippen LogP contribution in [-0.4, -0.2) is 5.78 Å². The summed E-state index contributed by atoms with van der Waals surface area (Å²) in [6.07, 6.45) is 1.11. The van der Waals surface area contributed by atoms with Crippen LogP contribution < -0.4 is 0 Å². The van der Waals surface area contributed by atoms with Crippen LogP contribution in [0.3, 0.4) is 0 Å². The van der Waals surface area contributed by atoms with E-state index >= 15 is 0 Å². The molecule has 18 heavy (non-hydrogen) atoms. The number of carbonyl (C=O) groups is 1. The van der Waals surface area contributed by atoms with E-state index < -0.39 is 0 Å². The molecule has 0 aliphatic rings. The predicted octanol–water partition coefficient (Wildman–Crippen LogP) is 3.95. The molecule has 0 aromatic heterocycles. The molecule has 0 spiro atoms. The molecule has 0 radical (unpaired) electrons. The standard InChI is InChI=1S/C16H15FO/c1-12-11-15(17)9-7-13(12)8-10-16(18)14-5-3-2-4-6-14/h2-7,9,11H,8,10H2,1H3. The number of Topliss-reactive ketones (excluding diaryl/α,β-unsaturated/α-hetero) is 1. The molecular formula is C16H15FO. The lowest BCUT2D eigenvalue weighted by atomic mass is 10.00. The highest BCUT2D eigenvalue weighted by Gasteiger charge is 2.07. The maximum absolute atomic E-state index is 12.9. The minimum atomic E-state index is -0.231. The molecular weight excluding hydrogens is 227 g/mol. The van der Waals surface area contributed by atoms with Crippen molar-refractivity contribution >= 4 is 5.78 Å². The number of aryl methyl sites for hydroxylation is 2. The van der Waals surface area contributed by atoms with Gasteiger partial charge in [0.2, 0.25) is 0 Å². The summed E-state index contributed by atoms with van der Waals surface area (Å²) in [6, 6.07) is 13.9. The molecule has 0 aliphatic heterocycles. The van der Waals surface area contributed by atoms with Crippen molar-refractivity contribution < 1.29 is 9.18 Å². The van der Waals surface area contributed by atoms with E-state index in [1.54, 1.807) is 6.07 Å². The summed E-state index contributed by atoms with van der Waals surface area (Å²) in [6.45, 7) is 1.87. The number of benzene rings is 2. The third-order valence-corrected chi connectivity index (χ3v) is 3.02. The first-order chi connectivity index (χ1) is 8.66. The molecule has 0 amide bonds. The van der Waals surface area contributed by atoms with Crippen LogP contribution in [0.4, 0.5) is 4.39 Å². The lowest BCUT2D eigenvalue weighted by Gasteiger charge is -2.05. The molecule has 0 heterocycles. The lowest BCUT2D eigenvalue weighted by molar-refractivity contribution is 0.0983. The molecule has 92 valence electrons. The van der Waals surface area contributed by atoms with E-state index in [9.17, 15) is 9.18 Å². The zero-order valence-corrected chi connectivity index (χ0v) is 10.3. The van der Waals surface area contributed by atoms with E-state index in [1.165, 1.54) is 12.1 Å². The van der Waals surface area contributed by atoms with Gasteiger partial charge in [-0.1, -0.05) is 36.4 Å². The number of hydrogen-bond donors (Lipinski definition) is 0. The van der Waals surface area contributed by atoms with Gasteiger partial charge >= 0.3 is 0 Å². The largest absolute Gasteiger partial charge is 0.294 e. The maximum atomic E-state index is 12.9. The van der Waals surface area contributed by atoms with Gasteiger partial charge in [-0.05, 0) is 36.6 Å². The Bertz CT molecular complexity index is 546. The van der Waals surface area contributed by atoms with E-state index in [0.717, 1.165) is 16.7 Å². The molecule has 0 unspecified atom stereocenters. The van der Waals surface area contributed by atoms with Crippen LogP contribution in [0.2, 0.25) is 0 Å². The van der Waals surface area contributed by atoms with Gasteiger partial charge in [0.25, 0.3) is 0 Å². The quantitative estimate of drug-likeness (QED) is 0.742. The molecule has 0 saturated heterocycles. The number of carbonyl (C=O) groups excluding carboxylic acids is 1. The van der Waals surface area contributed by atoms with Crippen molar-refractivity contribution in [2.45, 2.75) is 19.8 Å². The highest BCUT2D eigenvalue weighted by atomic mass is 19.1. The highest BCUT2D eigenvalue weighted by Crippen LogP contribution is 2.14. The van der Waals surface area contributed by atoms with Crippen molar-refractivity contribution in [1.82, 2.24) is 0 Å². The number of hydrogen-bond acceptors (Lipinski definition) is 1. The molecule has 0 aliphatic carbocycles. The Morgan fingerprint density at radius 3 is 2.50 bits per heavy atom. The van der Waals surface area contributed by atoms with E-state index in [2.05, 4.69) is 0 Å². The molecule has 0 bridgehead atoms. The molecule has 0 fully saturated rings. The second-order valence-corrected chi connectivity index (χ2v) is 4.36. The fourth-order valence-electron chi connectivity index (χ4n) is 1.96. The third kappa shape index (κ3) is 3.04. The first-order valence-corrected chi connectivity index (χ1v) is 6.00. The normalized spacial score (nSPS) is 10.3. The summed E-state index contributed by atoms with van der Waals surface area (Å²) in [5.74, 6) is -0.107. The Labute approximate surface area is 106 Å². The van der Waals surface area contributed by atoms with E-state index in [4.69, 9.17) is 0 Å². The SMILES string of the molecule is Cc1cc(F)ccc1CCC(=O)c1ccccc1. The van der Waals surface area contributed by atoms with Crippen molar-refractivity contribution in [2.75, 3.05) is 0 Å². The average Bonchev–Trinajstić information content (AvgIpc) is 2.38. The summed E-state index contributed by atoms with van der Waals surface area (Å²) < 4.78 is 12.9. The third-order valence-electron chi connectivity index (χ3n) is 3.02. The Balaban J connectivity index is 2.02. The smallest absolute Gasteiger partial charge is 0.163 e. The minimum absolute atomic E-state index is 0.124. The molecule has 2 rings (SSSR count). The summed E-state index contributed by atoms with van der Waals surface area (Å²) in [5, 5.41) is 0. The van der Waals surface area contributed by atoms with Crippen LogP contribution >= 0.6 is 0 Å². The van der Waals surface area contributed by atoms with Gasteiger partial charge in [-0.2, -0.15) is 0 Å². The van der Waals surface area contributed by atoms with Gasteiger partial charge in [0, 0.05) is 12.0 Å². The fraction of sp³-hybridized carbons (Fsp3) is 0.188. The van der Waals surface area contributed by atoms with Crippen LogP contribution in [0.1, 0.15) is 27.9 Å². The summed E-state index contributed by atoms with van der Waals surface area (Å²) in [5.41, 5.74) is 2.66. The van der Waals surface area contributed by atoms with Crippen molar-refractivity contribution in [2.24, 2.45) is 0 Å². The lowest BCUT2D eigenvalue weighted by Crippen LogP contribution is -2.02. The van der Waals surface area contributed by atoms with Crippen LogP contribution in [0, 0.1) is 12.7 Å². The number of halogens is 1. The van der Waals surface area contributed by atoms with Gasteiger partial charge in [0.15, 0.2) is 5.78 Å². The van der Waals surface area contributed by atoms with E-state index in [0.29, 0.717) is 12.8 Å². The summed E-state index contributed by atoms with van der Waals surface area (Å²) >= 11 is 0. The molecule has 2 aromatic carbocycles. The Kier molecular flexibility index (Phi) is 3.88. The zero-order chi connectivity index (χ0) is 13.0. The average molecular weight is 242 g/mol. The topological polar surface area (TPSA) is 17.1 Å². The van der Waals surface area contributed by atoms with E-state index in [1.807, 2.05) is 37.3 Å². The van der Waals surface area contributed by atoms with Gasteiger partial charge in [0.1, 0.15) is 5.82 Å². The first kappa shape index (κ1) is 12.5. The van der Waals surface area contributed by atoms with Crippen LogP contribution in [-0.2, 0) is 6.42 Å². The summed E-state index contributed by atoms with van der Waals surface area (Å²) in [4.78, 5) is 11.9.